The lowest BCUT2D eigenvalue weighted by Crippen LogP contribution is -2.50. The minimum atomic E-state index is 0.151. The highest BCUT2D eigenvalue weighted by atomic mass is 16.2. The molecule has 2 heterocycles. The van der Waals surface area contributed by atoms with Crippen molar-refractivity contribution in [1.82, 2.24) is 19.8 Å². The van der Waals surface area contributed by atoms with Gasteiger partial charge in [-0.3, -0.25) is 9.69 Å². The number of aromatic nitrogens is 2. The van der Waals surface area contributed by atoms with Crippen molar-refractivity contribution < 1.29 is 4.79 Å². The summed E-state index contributed by atoms with van der Waals surface area (Å²) in [4.78, 5) is 24.0. The Morgan fingerprint density at radius 1 is 0.926 bits per heavy atom. The van der Waals surface area contributed by atoms with E-state index in [0.717, 1.165) is 31.9 Å². The Morgan fingerprint density at radius 2 is 1.52 bits per heavy atom. The fourth-order valence-electron chi connectivity index (χ4n) is 3.77. The van der Waals surface area contributed by atoms with Gasteiger partial charge in [-0.05, 0) is 11.1 Å². The second kappa shape index (κ2) is 8.18. The van der Waals surface area contributed by atoms with Gasteiger partial charge in [-0.25, -0.2) is 4.98 Å². The first-order valence-electron chi connectivity index (χ1n) is 9.40. The molecule has 0 radical (unpaired) electrons. The summed E-state index contributed by atoms with van der Waals surface area (Å²) in [6.45, 7) is 3.22. The van der Waals surface area contributed by atoms with Gasteiger partial charge in [0.25, 0.3) is 0 Å². The summed E-state index contributed by atoms with van der Waals surface area (Å²) in [7, 11) is 0. The van der Waals surface area contributed by atoms with E-state index in [9.17, 15) is 4.79 Å². The normalized spacial score (nSPS) is 15.2. The Kier molecular flexibility index (Phi) is 5.30. The third-order valence-corrected chi connectivity index (χ3v) is 5.15. The number of amides is 1. The van der Waals surface area contributed by atoms with Gasteiger partial charge in [0.1, 0.15) is 0 Å². The van der Waals surface area contributed by atoms with Crippen LogP contribution in [0.25, 0.3) is 0 Å². The standard InChI is InChI=1S/C22H24N4O/c27-21(15-20-16-23-17-24-20)25-11-13-26(14-12-25)22(18-7-3-1-4-8-18)19-9-5-2-6-10-19/h1-10,16-17,22H,11-15H2,(H,23,24). The molecule has 0 unspecified atom stereocenters. The molecule has 0 saturated carbocycles. The number of imidazole rings is 1. The Bertz CT molecular complexity index is 801. The molecule has 1 N–H and O–H groups in total. The molecule has 5 nitrogen and oxygen atoms in total. The van der Waals surface area contributed by atoms with E-state index in [1.807, 2.05) is 4.90 Å². The van der Waals surface area contributed by atoms with Crippen molar-refractivity contribution in [2.24, 2.45) is 0 Å². The Labute approximate surface area is 159 Å². The minimum absolute atomic E-state index is 0.151. The summed E-state index contributed by atoms with van der Waals surface area (Å²) < 4.78 is 0. The molecule has 4 rings (SSSR count). The molecule has 1 aliphatic heterocycles. The predicted octanol–water partition coefficient (Wildman–Crippen LogP) is 2.89. The summed E-state index contributed by atoms with van der Waals surface area (Å²) in [5.74, 6) is 0.151. The van der Waals surface area contributed by atoms with Crippen LogP contribution in [0.15, 0.2) is 73.2 Å². The SMILES string of the molecule is O=C(Cc1c[nH]cn1)N1CCN(C(c2ccccc2)c2ccccc2)CC1. The van der Waals surface area contributed by atoms with Crippen LogP contribution in [-0.4, -0.2) is 51.9 Å². The van der Waals surface area contributed by atoms with Crippen LogP contribution < -0.4 is 0 Å². The van der Waals surface area contributed by atoms with E-state index in [1.54, 1.807) is 12.5 Å². The van der Waals surface area contributed by atoms with E-state index < -0.39 is 0 Å². The van der Waals surface area contributed by atoms with E-state index in [2.05, 4.69) is 75.5 Å². The zero-order valence-corrected chi connectivity index (χ0v) is 15.3. The molecule has 1 amide bonds. The van der Waals surface area contributed by atoms with Crippen LogP contribution in [0.1, 0.15) is 22.9 Å². The monoisotopic (exact) mass is 360 g/mol. The molecule has 1 aromatic heterocycles. The van der Waals surface area contributed by atoms with Gasteiger partial charge in [0.2, 0.25) is 5.91 Å². The third-order valence-electron chi connectivity index (χ3n) is 5.15. The lowest BCUT2D eigenvalue weighted by atomic mass is 9.96. The van der Waals surface area contributed by atoms with Gasteiger partial charge in [-0.15, -0.1) is 0 Å². The number of carbonyl (C=O) groups is 1. The van der Waals surface area contributed by atoms with Gasteiger partial charge in [-0.1, -0.05) is 60.7 Å². The summed E-state index contributed by atoms with van der Waals surface area (Å²) in [6, 6.07) is 21.4. The number of nitrogens with one attached hydrogen (secondary N) is 1. The fourth-order valence-corrected chi connectivity index (χ4v) is 3.77. The van der Waals surface area contributed by atoms with E-state index in [-0.39, 0.29) is 11.9 Å². The number of hydrogen-bond donors (Lipinski definition) is 1. The number of carbonyl (C=O) groups excluding carboxylic acids is 1. The molecule has 138 valence electrons. The summed E-state index contributed by atoms with van der Waals surface area (Å²) >= 11 is 0. The number of H-pyrrole nitrogens is 1. The first-order chi connectivity index (χ1) is 13.3. The first kappa shape index (κ1) is 17.5. The highest BCUT2D eigenvalue weighted by molar-refractivity contribution is 5.78. The van der Waals surface area contributed by atoms with Gasteiger partial charge in [-0.2, -0.15) is 0 Å². The lowest BCUT2D eigenvalue weighted by Gasteiger charge is -2.39. The van der Waals surface area contributed by atoms with Gasteiger partial charge < -0.3 is 9.88 Å². The quantitative estimate of drug-likeness (QED) is 0.761. The van der Waals surface area contributed by atoms with Gasteiger partial charge in [0.15, 0.2) is 0 Å². The molecule has 0 aliphatic carbocycles. The van der Waals surface area contributed by atoms with Crippen LogP contribution in [0.3, 0.4) is 0 Å². The second-order valence-corrected chi connectivity index (χ2v) is 6.88. The highest BCUT2D eigenvalue weighted by Gasteiger charge is 2.28. The van der Waals surface area contributed by atoms with Crippen LogP contribution >= 0.6 is 0 Å². The zero-order chi connectivity index (χ0) is 18.5. The molecule has 3 aromatic rings. The molecule has 2 aromatic carbocycles. The maximum atomic E-state index is 12.5. The molecular weight excluding hydrogens is 336 g/mol. The average Bonchev–Trinajstić information content (AvgIpc) is 3.23. The number of aromatic amines is 1. The molecule has 27 heavy (non-hydrogen) atoms. The van der Waals surface area contributed by atoms with Crippen molar-refractivity contribution in [2.45, 2.75) is 12.5 Å². The van der Waals surface area contributed by atoms with Crippen LogP contribution in [-0.2, 0) is 11.2 Å². The maximum Gasteiger partial charge on any atom is 0.228 e. The van der Waals surface area contributed by atoms with Crippen LogP contribution in [0.2, 0.25) is 0 Å². The number of piperazine rings is 1. The lowest BCUT2D eigenvalue weighted by molar-refractivity contribution is -0.132. The van der Waals surface area contributed by atoms with Crippen molar-refractivity contribution in [3.63, 3.8) is 0 Å². The Morgan fingerprint density at radius 3 is 2.04 bits per heavy atom. The summed E-state index contributed by atoms with van der Waals surface area (Å²) in [6.07, 6.45) is 3.77. The number of nitrogens with zero attached hydrogens (tertiary/aromatic N) is 3. The van der Waals surface area contributed by atoms with Crippen LogP contribution in [0.4, 0.5) is 0 Å². The molecule has 1 fully saturated rings. The third kappa shape index (κ3) is 4.09. The highest BCUT2D eigenvalue weighted by Crippen LogP contribution is 2.29. The average molecular weight is 360 g/mol. The van der Waals surface area contributed by atoms with Gasteiger partial charge in [0, 0.05) is 32.4 Å². The smallest absolute Gasteiger partial charge is 0.228 e. The molecule has 5 heteroatoms. The van der Waals surface area contributed by atoms with Crippen molar-refractivity contribution >= 4 is 5.91 Å². The number of benzene rings is 2. The Balaban J connectivity index is 1.46. The van der Waals surface area contributed by atoms with Crippen LogP contribution in [0.5, 0.6) is 0 Å². The van der Waals surface area contributed by atoms with Gasteiger partial charge >= 0.3 is 0 Å². The number of hydrogen-bond acceptors (Lipinski definition) is 3. The van der Waals surface area contributed by atoms with E-state index in [0.29, 0.717) is 6.42 Å². The molecular formula is C22H24N4O. The minimum Gasteiger partial charge on any atom is -0.351 e. The van der Waals surface area contributed by atoms with E-state index in [1.165, 1.54) is 11.1 Å². The molecule has 0 bridgehead atoms. The molecule has 0 atom stereocenters. The zero-order valence-electron chi connectivity index (χ0n) is 15.3. The van der Waals surface area contributed by atoms with Crippen molar-refractivity contribution in [2.75, 3.05) is 26.2 Å². The summed E-state index contributed by atoms with van der Waals surface area (Å²) in [5.41, 5.74) is 3.38. The fraction of sp³-hybridized carbons (Fsp3) is 0.273. The second-order valence-electron chi connectivity index (χ2n) is 6.88. The predicted molar refractivity (Wildman–Crippen MR) is 105 cm³/mol. The molecule has 1 aliphatic rings. The first-order valence-corrected chi connectivity index (χ1v) is 9.40. The van der Waals surface area contributed by atoms with Crippen LogP contribution in [0, 0.1) is 0 Å². The number of rotatable bonds is 5. The van der Waals surface area contributed by atoms with E-state index >= 15 is 0 Å². The molecule has 1 saturated heterocycles. The topological polar surface area (TPSA) is 52.2 Å². The van der Waals surface area contributed by atoms with Gasteiger partial charge in [0.05, 0.1) is 24.5 Å². The molecule has 0 spiro atoms. The van der Waals surface area contributed by atoms with Crippen molar-refractivity contribution in [1.29, 1.82) is 0 Å². The maximum absolute atomic E-state index is 12.5. The Hall–Kier alpha value is -2.92. The van der Waals surface area contributed by atoms with Crippen molar-refractivity contribution in [3.05, 3.63) is 90.0 Å². The van der Waals surface area contributed by atoms with Crippen molar-refractivity contribution in [3.8, 4) is 0 Å². The van der Waals surface area contributed by atoms with E-state index in [4.69, 9.17) is 0 Å². The summed E-state index contributed by atoms with van der Waals surface area (Å²) in [5, 5.41) is 0. The largest absolute Gasteiger partial charge is 0.351 e.